The topological polar surface area (TPSA) is 126 Å². The summed E-state index contributed by atoms with van der Waals surface area (Å²) in [5, 5.41) is 3.00. The van der Waals surface area contributed by atoms with Crippen LogP contribution in [0, 0.1) is 0 Å². The zero-order chi connectivity index (χ0) is 21.0. The molecule has 2 aromatic heterocycles. The van der Waals surface area contributed by atoms with Crippen molar-refractivity contribution in [2.45, 2.75) is 26.8 Å². The highest BCUT2D eigenvalue weighted by atomic mass is 16.5. The standard InChI is InChI=1S/C20H22N4O5/c1-4-28-15-7-6-12(9-16(15)29-5-2)11(3)22-18(25)13-8-14-17(21-10-13)23-20(27)24-19(14)26/h6-11H,4-5H2,1-3H3,(H,22,25)(H2,21,23,24,26,27). The van der Waals surface area contributed by atoms with E-state index in [9.17, 15) is 14.4 Å². The number of nitrogens with zero attached hydrogens (tertiary/aromatic N) is 1. The first kappa shape index (κ1) is 20.1. The highest BCUT2D eigenvalue weighted by Gasteiger charge is 2.16. The molecule has 0 saturated heterocycles. The van der Waals surface area contributed by atoms with Gasteiger partial charge in [0.05, 0.1) is 30.2 Å². The molecule has 0 fully saturated rings. The number of carbonyl (C=O) groups is 1. The maximum atomic E-state index is 12.6. The van der Waals surface area contributed by atoms with E-state index < -0.39 is 17.2 Å². The average molecular weight is 398 g/mol. The number of fused-ring (bicyclic) bond motifs is 1. The molecule has 1 aromatic carbocycles. The number of rotatable bonds is 7. The van der Waals surface area contributed by atoms with Gasteiger partial charge in [-0.1, -0.05) is 6.07 Å². The minimum absolute atomic E-state index is 0.121. The predicted octanol–water partition coefficient (Wildman–Crippen LogP) is 1.90. The largest absolute Gasteiger partial charge is 0.490 e. The van der Waals surface area contributed by atoms with Gasteiger partial charge >= 0.3 is 5.69 Å². The van der Waals surface area contributed by atoms with E-state index in [1.54, 1.807) is 6.07 Å². The Morgan fingerprint density at radius 1 is 1.10 bits per heavy atom. The van der Waals surface area contributed by atoms with Crippen LogP contribution in [0.25, 0.3) is 11.0 Å². The van der Waals surface area contributed by atoms with Crippen LogP contribution < -0.4 is 26.0 Å². The van der Waals surface area contributed by atoms with Gasteiger partial charge in [0.25, 0.3) is 11.5 Å². The van der Waals surface area contributed by atoms with Crippen LogP contribution in [0.5, 0.6) is 11.5 Å². The molecule has 1 unspecified atom stereocenters. The summed E-state index contributed by atoms with van der Waals surface area (Å²) < 4.78 is 11.2. The molecule has 0 aliphatic rings. The third kappa shape index (κ3) is 4.45. The number of hydrogen-bond donors (Lipinski definition) is 3. The molecule has 3 N–H and O–H groups in total. The Balaban J connectivity index is 1.83. The van der Waals surface area contributed by atoms with Gasteiger partial charge in [0.15, 0.2) is 11.5 Å². The molecule has 9 nitrogen and oxygen atoms in total. The van der Waals surface area contributed by atoms with Gasteiger partial charge in [-0.15, -0.1) is 0 Å². The second-order valence-corrected chi connectivity index (χ2v) is 6.30. The van der Waals surface area contributed by atoms with E-state index in [0.29, 0.717) is 24.7 Å². The van der Waals surface area contributed by atoms with Crippen molar-refractivity contribution in [2.24, 2.45) is 0 Å². The molecule has 152 valence electrons. The predicted molar refractivity (Wildman–Crippen MR) is 108 cm³/mol. The van der Waals surface area contributed by atoms with Gasteiger partial charge in [-0.05, 0) is 44.5 Å². The Morgan fingerprint density at radius 2 is 1.83 bits per heavy atom. The van der Waals surface area contributed by atoms with Crippen LogP contribution in [0.3, 0.4) is 0 Å². The highest BCUT2D eigenvalue weighted by Crippen LogP contribution is 2.30. The lowest BCUT2D eigenvalue weighted by atomic mass is 10.1. The fraction of sp³-hybridized carbons (Fsp3) is 0.300. The van der Waals surface area contributed by atoms with Gasteiger partial charge in [-0.3, -0.25) is 19.6 Å². The van der Waals surface area contributed by atoms with E-state index in [4.69, 9.17) is 9.47 Å². The van der Waals surface area contributed by atoms with Crippen molar-refractivity contribution in [1.82, 2.24) is 20.3 Å². The zero-order valence-electron chi connectivity index (χ0n) is 16.4. The number of H-pyrrole nitrogens is 2. The molecule has 3 rings (SSSR count). The van der Waals surface area contributed by atoms with E-state index in [-0.39, 0.29) is 22.6 Å². The maximum absolute atomic E-state index is 12.6. The molecular formula is C20H22N4O5. The summed E-state index contributed by atoms with van der Waals surface area (Å²) in [6.07, 6.45) is 1.31. The van der Waals surface area contributed by atoms with Crippen molar-refractivity contribution >= 4 is 16.9 Å². The number of ether oxygens (including phenoxy) is 2. The van der Waals surface area contributed by atoms with Crippen LogP contribution in [0.4, 0.5) is 0 Å². The van der Waals surface area contributed by atoms with Crippen molar-refractivity contribution in [2.75, 3.05) is 13.2 Å². The number of aromatic nitrogens is 3. The first-order valence-electron chi connectivity index (χ1n) is 9.25. The smallest absolute Gasteiger partial charge is 0.327 e. The highest BCUT2D eigenvalue weighted by molar-refractivity contribution is 5.96. The number of benzene rings is 1. The molecule has 0 aliphatic heterocycles. The van der Waals surface area contributed by atoms with Crippen molar-refractivity contribution < 1.29 is 14.3 Å². The lowest BCUT2D eigenvalue weighted by Gasteiger charge is -2.17. The fourth-order valence-electron chi connectivity index (χ4n) is 2.87. The van der Waals surface area contributed by atoms with Gasteiger partial charge < -0.3 is 14.8 Å². The molecule has 1 amide bonds. The summed E-state index contributed by atoms with van der Waals surface area (Å²) in [6.45, 7) is 6.62. The third-order valence-electron chi connectivity index (χ3n) is 4.27. The molecule has 29 heavy (non-hydrogen) atoms. The van der Waals surface area contributed by atoms with Crippen molar-refractivity contribution in [3.63, 3.8) is 0 Å². The Kier molecular flexibility index (Phi) is 5.96. The Morgan fingerprint density at radius 3 is 2.55 bits per heavy atom. The van der Waals surface area contributed by atoms with Crippen LogP contribution >= 0.6 is 0 Å². The van der Waals surface area contributed by atoms with Gasteiger partial charge in [-0.25, -0.2) is 9.78 Å². The molecule has 1 atom stereocenters. The molecule has 0 saturated carbocycles. The molecule has 0 radical (unpaired) electrons. The maximum Gasteiger partial charge on any atom is 0.327 e. The fourth-order valence-corrected chi connectivity index (χ4v) is 2.87. The third-order valence-corrected chi connectivity index (χ3v) is 4.27. The van der Waals surface area contributed by atoms with Crippen LogP contribution in [0.2, 0.25) is 0 Å². The lowest BCUT2D eigenvalue weighted by molar-refractivity contribution is 0.0939. The van der Waals surface area contributed by atoms with Crippen LogP contribution in [-0.2, 0) is 0 Å². The summed E-state index contributed by atoms with van der Waals surface area (Å²) >= 11 is 0. The summed E-state index contributed by atoms with van der Waals surface area (Å²) in [5.41, 5.74) is -0.0940. The summed E-state index contributed by atoms with van der Waals surface area (Å²) in [6, 6.07) is 6.55. The second kappa shape index (κ2) is 8.59. The zero-order valence-corrected chi connectivity index (χ0v) is 16.4. The summed E-state index contributed by atoms with van der Waals surface area (Å²) in [7, 11) is 0. The molecule has 0 aliphatic carbocycles. The summed E-state index contributed by atoms with van der Waals surface area (Å²) in [5.74, 6) is 0.851. The Bertz CT molecular complexity index is 1150. The molecule has 2 heterocycles. The molecule has 9 heteroatoms. The van der Waals surface area contributed by atoms with Crippen molar-refractivity contribution in [3.8, 4) is 11.5 Å². The van der Waals surface area contributed by atoms with Crippen molar-refractivity contribution in [1.29, 1.82) is 0 Å². The van der Waals surface area contributed by atoms with E-state index in [2.05, 4.69) is 20.3 Å². The van der Waals surface area contributed by atoms with E-state index in [0.717, 1.165) is 5.56 Å². The number of carbonyl (C=O) groups excluding carboxylic acids is 1. The van der Waals surface area contributed by atoms with Gasteiger partial charge in [0.1, 0.15) is 5.65 Å². The normalized spacial score (nSPS) is 11.8. The molecule has 0 spiro atoms. The second-order valence-electron chi connectivity index (χ2n) is 6.30. The van der Waals surface area contributed by atoms with Crippen LogP contribution in [0.1, 0.15) is 42.7 Å². The van der Waals surface area contributed by atoms with Gasteiger partial charge in [0.2, 0.25) is 0 Å². The van der Waals surface area contributed by atoms with Gasteiger partial charge in [0, 0.05) is 6.20 Å². The van der Waals surface area contributed by atoms with Crippen molar-refractivity contribution in [3.05, 3.63) is 62.4 Å². The van der Waals surface area contributed by atoms with Crippen LogP contribution in [-0.4, -0.2) is 34.1 Å². The first-order valence-corrected chi connectivity index (χ1v) is 9.25. The minimum atomic E-state index is -0.651. The first-order chi connectivity index (χ1) is 13.9. The Hall–Kier alpha value is -3.62. The quantitative estimate of drug-likeness (QED) is 0.558. The minimum Gasteiger partial charge on any atom is -0.490 e. The van der Waals surface area contributed by atoms with Crippen LogP contribution in [0.15, 0.2) is 40.1 Å². The summed E-state index contributed by atoms with van der Waals surface area (Å²) in [4.78, 5) is 44.4. The molecular weight excluding hydrogens is 376 g/mol. The molecule has 0 bridgehead atoms. The number of aromatic amines is 2. The van der Waals surface area contributed by atoms with E-state index in [1.807, 2.05) is 32.9 Å². The number of nitrogens with one attached hydrogen (secondary N) is 3. The van der Waals surface area contributed by atoms with E-state index >= 15 is 0 Å². The van der Waals surface area contributed by atoms with E-state index in [1.165, 1.54) is 12.3 Å². The average Bonchev–Trinajstić information content (AvgIpc) is 2.69. The SMILES string of the molecule is CCOc1ccc(C(C)NC(=O)c2cnc3[nH]c(=O)[nH]c(=O)c3c2)cc1OCC. The lowest BCUT2D eigenvalue weighted by Crippen LogP contribution is -2.28. The number of amides is 1. The molecule has 3 aromatic rings. The number of hydrogen-bond acceptors (Lipinski definition) is 6. The number of pyridine rings is 1. The monoisotopic (exact) mass is 398 g/mol. The van der Waals surface area contributed by atoms with Gasteiger partial charge in [-0.2, -0.15) is 0 Å². The Labute approximate surface area is 166 Å².